The van der Waals surface area contributed by atoms with Gasteiger partial charge >= 0.3 is 0 Å². The van der Waals surface area contributed by atoms with E-state index in [1.165, 1.54) is 0 Å². The molecular formula is C25H27N5O2. The zero-order valence-electron chi connectivity index (χ0n) is 18.2. The molecule has 2 aliphatic heterocycles. The van der Waals surface area contributed by atoms with Crippen LogP contribution in [0.15, 0.2) is 67.3 Å². The van der Waals surface area contributed by atoms with Gasteiger partial charge in [-0.1, -0.05) is 12.1 Å². The number of pyridine rings is 3. The Labute approximate surface area is 188 Å². The predicted octanol–water partition coefficient (Wildman–Crippen LogP) is 2.58. The molecule has 7 nitrogen and oxygen atoms in total. The number of amides is 1. The summed E-state index contributed by atoms with van der Waals surface area (Å²) in [5.41, 5.74) is 3.18. The summed E-state index contributed by atoms with van der Waals surface area (Å²) in [6.45, 7) is 5.60. The Kier molecular flexibility index (Phi) is 5.68. The third-order valence-corrected chi connectivity index (χ3v) is 6.37. The van der Waals surface area contributed by atoms with Gasteiger partial charge in [-0.3, -0.25) is 24.6 Å². The molecule has 2 saturated heterocycles. The van der Waals surface area contributed by atoms with Gasteiger partial charge in [-0.25, -0.2) is 0 Å². The smallest absolute Gasteiger partial charge is 0.257 e. The van der Waals surface area contributed by atoms with Crippen LogP contribution in [0.5, 0.6) is 0 Å². The fourth-order valence-electron chi connectivity index (χ4n) is 4.90. The summed E-state index contributed by atoms with van der Waals surface area (Å²) >= 11 is 0. The summed E-state index contributed by atoms with van der Waals surface area (Å²) < 4.78 is 6.37. The highest BCUT2D eigenvalue weighted by Crippen LogP contribution is 2.42. The minimum Gasteiger partial charge on any atom is -0.361 e. The van der Waals surface area contributed by atoms with Crippen LogP contribution in [-0.4, -0.2) is 62.5 Å². The number of carbonyl (C=O) groups excluding carboxylic acids is 1. The lowest BCUT2D eigenvalue weighted by molar-refractivity contribution is -0.173. The summed E-state index contributed by atoms with van der Waals surface area (Å²) in [6, 6.07) is 14.0. The van der Waals surface area contributed by atoms with Crippen LogP contribution in [0.4, 0.5) is 0 Å². The summed E-state index contributed by atoms with van der Waals surface area (Å²) in [5, 5.41) is 0. The number of carbonyl (C=O) groups is 1. The quantitative estimate of drug-likeness (QED) is 0.621. The van der Waals surface area contributed by atoms with Crippen molar-refractivity contribution in [3.63, 3.8) is 0 Å². The van der Waals surface area contributed by atoms with Gasteiger partial charge in [0.1, 0.15) is 0 Å². The molecule has 3 aromatic heterocycles. The van der Waals surface area contributed by atoms with Gasteiger partial charge in [0.15, 0.2) is 5.60 Å². The van der Waals surface area contributed by atoms with E-state index in [1.807, 2.05) is 60.5 Å². The summed E-state index contributed by atoms with van der Waals surface area (Å²) in [6.07, 6.45) is 7.15. The minimum atomic E-state index is -0.919. The van der Waals surface area contributed by atoms with E-state index in [4.69, 9.17) is 4.74 Å². The van der Waals surface area contributed by atoms with Gasteiger partial charge in [0.2, 0.25) is 0 Å². The molecular weight excluding hydrogens is 402 g/mol. The zero-order valence-corrected chi connectivity index (χ0v) is 18.2. The molecule has 0 radical (unpaired) electrons. The molecule has 1 spiro atoms. The van der Waals surface area contributed by atoms with E-state index < -0.39 is 5.60 Å². The van der Waals surface area contributed by atoms with Crippen LogP contribution in [0, 0.1) is 6.92 Å². The third-order valence-electron chi connectivity index (χ3n) is 6.37. The van der Waals surface area contributed by atoms with E-state index in [0.717, 1.165) is 29.1 Å². The lowest BCUT2D eigenvalue weighted by Gasteiger charge is -2.42. The van der Waals surface area contributed by atoms with Crippen molar-refractivity contribution in [3.8, 4) is 0 Å². The molecule has 0 aliphatic carbocycles. The first-order valence-electron chi connectivity index (χ1n) is 11.0. The maximum absolute atomic E-state index is 13.9. The van der Waals surface area contributed by atoms with Gasteiger partial charge in [-0.05, 0) is 48.4 Å². The van der Waals surface area contributed by atoms with Crippen LogP contribution in [0.1, 0.15) is 28.4 Å². The Bertz CT molecular complexity index is 1080. The molecule has 0 bridgehead atoms. The first-order valence-corrected chi connectivity index (χ1v) is 11.0. The zero-order chi connectivity index (χ0) is 22.0. The van der Waals surface area contributed by atoms with Crippen LogP contribution in [0.3, 0.4) is 0 Å². The Balaban J connectivity index is 1.45. The van der Waals surface area contributed by atoms with Crippen molar-refractivity contribution in [2.45, 2.75) is 31.5 Å². The van der Waals surface area contributed by atoms with E-state index in [-0.39, 0.29) is 11.8 Å². The third kappa shape index (κ3) is 4.01. The molecule has 0 N–H and O–H groups in total. The molecule has 32 heavy (non-hydrogen) atoms. The molecule has 0 aromatic carbocycles. The fraction of sp³-hybridized carbons (Fsp3) is 0.360. The number of ether oxygens (including phenoxy) is 1. The van der Waals surface area contributed by atoms with Gasteiger partial charge in [0, 0.05) is 69.1 Å². The number of nitrogens with zero attached hydrogens (tertiary/aromatic N) is 5. The minimum absolute atomic E-state index is 0.0501. The number of rotatable bonds is 5. The van der Waals surface area contributed by atoms with Crippen molar-refractivity contribution in [1.29, 1.82) is 0 Å². The number of morpholine rings is 1. The molecule has 2 atom stereocenters. The van der Waals surface area contributed by atoms with Crippen molar-refractivity contribution in [1.82, 2.24) is 24.8 Å². The van der Waals surface area contributed by atoms with Crippen LogP contribution < -0.4 is 0 Å². The average molecular weight is 430 g/mol. The second kappa shape index (κ2) is 8.76. The molecule has 5 heterocycles. The van der Waals surface area contributed by atoms with Crippen molar-refractivity contribution in [2.24, 2.45) is 0 Å². The second-order valence-corrected chi connectivity index (χ2v) is 8.60. The van der Waals surface area contributed by atoms with E-state index in [2.05, 4.69) is 19.9 Å². The van der Waals surface area contributed by atoms with Crippen molar-refractivity contribution < 1.29 is 9.53 Å². The average Bonchev–Trinajstić information content (AvgIpc) is 3.17. The maximum Gasteiger partial charge on any atom is 0.257 e. The van der Waals surface area contributed by atoms with E-state index >= 15 is 0 Å². The molecule has 7 heteroatoms. The number of hydrogen-bond donors (Lipinski definition) is 0. The molecule has 3 aromatic rings. The summed E-state index contributed by atoms with van der Waals surface area (Å²) in [7, 11) is 0. The van der Waals surface area contributed by atoms with E-state index in [0.29, 0.717) is 32.8 Å². The molecule has 2 aliphatic rings. The number of likely N-dealkylation sites (tertiary alicyclic amines) is 1. The number of aryl methyl sites for hydroxylation is 1. The maximum atomic E-state index is 13.9. The van der Waals surface area contributed by atoms with Gasteiger partial charge in [-0.15, -0.1) is 0 Å². The first-order chi connectivity index (χ1) is 15.6. The standard InChI is InChI=1S/C25H27N5O2/c1-19-4-2-6-22(28-19)16-29-17-23(21-5-3-9-27-14-21)25(18-29)24(31)30(12-13-32-25)15-20-7-10-26-11-8-20/h2-11,14,23H,12-13,15-18H2,1H3/t23-,25+/m1/s1. The van der Waals surface area contributed by atoms with Crippen LogP contribution >= 0.6 is 0 Å². The Morgan fingerprint density at radius 2 is 1.94 bits per heavy atom. The topological polar surface area (TPSA) is 71.5 Å². The monoisotopic (exact) mass is 429 g/mol. The van der Waals surface area contributed by atoms with Crippen LogP contribution in [0.2, 0.25) is 0 Å². The van der Waals surface area contributed by atoms with E-state index in [1.54, 1.807) is 18.6 Å². The van der Waals surface area contributed by atoms with Crippen molar-refractivity contribution in [2.75, 3.05) is 26.2 Å². The largest absolute Gasteiger partial charge is 0.361 e. The summed E-state index contributed by atoms with van der Waals surface area (Å²) in [4.78, 5) is 31.2. The van der Waals surface area contributed by atoms with Gasteiger partial charge in [-0.2, -0.15) is 0 Å². The highest BCUT2D eigenvalue weighted by molar-refractivity contribution is 5.88. The second-order valence-electron chi connectivity index (χ2n) is 8.60. The normalized spacial score (nSPS) is 23.7. The SMILES string of the molecule is Cc1cccc(CN2C[C@H](c3cccnc3)[C@]3(C2)OCCN(Cc2ccncc2)C3=O)n1. The van der Waals surface area contributed by atoms with Gasteiger partial charge in [0.25, 0.3) is 5.91 Å². The van der Waals surface area contributed by atoms with Crippen LogP contribution in [0.25, 0.3) is 0 Å². The molecule has 5 rings (SSSR count). The molecule has 164 valence electrons. The Hall–Kier alpha value is -3.16. The summed E-state index contributed by atoms with van der Waals surface area (Å²) in [5.74, 6) is -0.0390. The van der Waals surface area contributed by atoms with Crippen molar-refractivity contribution >= 4 is 5.91 Å². The van der Waals surface area contributed by atoms with Crippen LogP contribution in [-0.2, 0) is 22.6 Å². The molecule has 0 saturated carbocycles. The van der Waals surface area contributed by atoms with Gasteiger partial charge in [0.05, 0.1) is 12.3 Å². The molecule has 2 fully saturated rings. The fourth-order valence-corrected chi connectivity index (χ4v) is 4.90. The van der Waals surface area contributed by atoms with Gasteiger partial charge < -0.3 is 9.64 Å². The van der Waals surface area contributed by atoms with E-state index in [9.17, 15) is 4.79 Å². The highest BCUT2D eigenvalue weighted by Gasteiger charge is 2.57. The lowest BCUT2D eigenvalue weighted by Crippen LogP contribution is -2.59. The molecule has 1 amide bonds. The lowest BCUT2D eigenvalue weighted by atomic mass is 9.83. The number of aromatic nitrogens is 3. The first kappa shape index (κ1) is 20.7. The Morgan fingerprint density at radius 1 is 1.06 bits per heavy atom. The Morgan fingerprint density at radius 3 is 2.72 bits per heavy atom. The van der Waals surface area contributed by atoms with Crippen molar-refractivity contribution in [3.05, 3.63) is 89.8 Å². The molecule has 0 unspecified atom stereocenters. The number of hydrogen-bond acceptors (Lipinski definition) is 6. The predicted molar refractivity (Wildman–Crippen MR) is 120 cm³/mol. The highest BCUT2D eigenvalue weighted by atomic mass is 16.5.